The fourth-order valence-corrected chi connectivity index (χ4v) is 1.67. The lowest BCUT2D eigenvalue weighted by molar-refractivity contribution is -0.139. The van der Waals surface area contributed by atoms with E-state index in [1.807, 2.05) is 44.2 Å². The number of amides is 1. The maximum absolute atomic E-state index is 11.8. The van der Waals surface area contributed by atoms with Crippen molar-refractivity contribution in [3.05, 3.63) is 35.9 Å². The summed E-state index contributed by atoms with van der Waals surface area (Å²) in [6, 6.07) is 9.56. The molecule has 0 saturated heterocycles. The number of rotatable bonds is 5. The molecule has 0 spiro atoms. The molecule has 16 heavy (non-hydrogen) atoms. The van der Waals surface area contributed by atoms with Gasteiger partial charge in [0.05, 0.1) is 0 Å². The number of likely N-dealkylation sites (N-methyl/N-ethyl adjacent to an activating group) is 1. The van der Waals surface area contributed by atoms with Crippen LogP contribution in [0, 0.1) is 0 Å². The zero-order valence-corrected chi connectivity index (χ0v) is 9.89. The Balaban J connectivity index is 2.58. The molecular formula is C13H19NO2. The molecule has 0 fully saturated rings. The summed E-state index contributed by atoms with van der Waals surface area (Å²) in [5, 5.41) is 9.81. The third-order valence-electron chi connectivity index (χ3n) is 2.63. The van der Waals surface area contributed by atoms with E-state index in [0.29, 0.717) is 19.5 Å². The molecule has 0 aromatic heterocycles. The van der Waals surface area contributed by atoms with Crippen molar-refractivity contribution in [1.29, 1.82) is 0 Å². The average Bonchev–Trinajstić information content (AvgIpc) is 2.31. The Bertz CT molecular complexity index is 320. The Labute approximate surface area is 96.7 Å². The molecule has 0 bridgehead atoms. The maximum Gasteiger partial charge on any atom is 0.251 e. The van der Waals surface area contributed by atoms with Gasteiger partial charge in [0.25, 0.3) is 5.91 Å². The molecule has 1 atom stereocenters. The second kappa shape index (κ2) is 6.28. The fourth-order valence-electron chi connectivity index (χ4n) is 1.67. The molecule has 0 radical (unpaired) electrons. The lowest BCUT2D eigenvalue weighted by Crippen LogP contribution is -2.39. The number of aliphatic hydroxyl groups is 1. The fraction of sp³-hybridized carbons (Fsp3) is 0.462. The highest BCUT2D eigenvalue weighted by molar-refractivity contribution is 5.80. The van der Waals surface area contributed by atoms with Gasteiger partial charge in [-0.05, 0) is 19.4 Å². The molecule has 1 N–H and O–H groups in total. The second-order valence-electron chi connectivity index (χ2n) is 3.72. The van der Waals surface area contributed by atoms with E-state index in [9.17, 15) is 9.90 Å². The third kappa shape index (κ3) is 3.35. The van der Waals surface area contributed by atoms with Crippen LogP contribution in [0.1, 0.15) is 19.4 Å². The molecule has 1 aromatic rings. The van der Waals surface area contributed by atoms with Crippen LogP contribution in [-0.4, -0.2) is 35.1 Å². The molecule has 3 heteroatoms. The van der Waals surface area contributed by atoms with Crippen molar-refractivity contribution < 1.29 is 9.90 Å². The van der Waals surface area contributed by atoms with Crippen LogP contribution in [0.25, 0.3) is 0 Å². The van der Waals surface area contributed by atoms with Gasteiger partial charge in [-0.1, -0.05) is 30.3 Å². The zero-order valence-electron chi connectivity index (χ0n) is 9.89. The van der Waals surface area contributed by atoms with E-state index in [1.165, 1.54) is 0 Å². The van der Waals surface area contributed by atoms with Crippen LogP contribution in [0.3, 0.4) is 0 Å². The van der Waals surface area contributed by atoms with Crippen LogP contribution in [0.2, 0.25) is 0 Å². The van der Waals surface area contributed by atoms with Crippen molar-refractivity contribution in [3.63, 3.8) is 0 Å². The Morgan fingerprint density at radius 2 is 1.81 bits per heavy atom. The van der Waals surface area contributed by atoms with Gasteiger partial charge in [-0.15, -0.1) is 0 Å². The summed E-state index contributed by atoms with van der Waals surface area (Å²) in [6.45, 7) is 5.11. The Morgan fingerprint density at radius 3 is 2.31 bits per heavy atom. The number of carbonyl (C=O) groups is 1. The Morgan fingerprint density at radius 1 is 1.25 bits per heavy atom. The summed E-state index contributed by atoms with van der Waals surface area (Å²) in [6.07, 6.45) is -0.543. The van der Waals surface area contributed by atoms with Crippen molar-refractivity contribution in [2.45, 2.75) is 26.4 Å². The van der Waals surface area contributed by atoms with E-state index >= 15 is 0 Å². The van der Waals surface area contributed by atoms with Gasteiger partial charge in [-0.25, -0.2) is 0 Å². The summed E-state index contributed by atoms with van der Waals surface area (Å²) in [4.78, 5) is 13.4. The predicted octanol–water partition coefficient (Wildman–Crippen LogP) is 1.46. The van der Waals surface area contributed by atoms with Crippen molar-refractivity contribution in [1.82, 2.24) is 4.90 Å². The van der Waals surface area contributed by atoms with Crippen molar-refractivity contribution in [2.24, 2.45) is 0 Å². The minimum Gasteiger partial charge on any atom is -0.383 e. The number of nitrogens with zero attached hydrogens (tertiary/aromatic N) is 1. The first-order valence-corrected chi connectivity index (χ1v) is 5.69. The van der Waals surface area contributed by atoms with E-state index < -0.39 is 6.10 Å². The molecule has 0 aliphatic rings. The number of aliphatic hydroxyl groups excluding tert-OH is 1. The molecule has 0 aliphatic carbocycles. The summed E-state index contributed by atoms with van der Waals surface area (Å²) >= 11 is 0. The first kappa shape index (κ1) is 12.7. The molecule has 1 unspecified atom stereocenters. The van der Waals surface area contributed by atoms with E-state index in [-0.39, 0.29) is 5.91 Å². The van der Waals surface area contributed by atoms with Crippen molar-refractivity contribution >= 4 is 5.91 Å². The topological polar surface area (TPSA) is 40.5 Å². The van der Waals surface area contributed by atoms with Crippen LogP contribution >= 0.6 is 0 Å². The summed E-state index contributed by atoms with van der Waals surface area (Å²) in [7, 11) is 0. The van der Waals surface area contributed by atoms with Gasteiger partial charge in [-0.2, -0.15) is 0 Å². The van der Waals surface area contributed by atoms with Gasteiger partial charge in [0.2, 0.25) is 0 Å². The molecule has 1 rings (SSSR count). The minimum atomic E-state index is -0.928. The minimum absolute atomic E-state index is 0.186. The first-order chi connectivity index (χ1) is 7.69. The predicted molar refractivity (Wildman–Crippen MR) is 64.1 cm³/mol. The SMILES string of the molecule is CCN(CC)C(=O)C(O)Cc1ccccc1. The monoisotopic (exact) mass is 221 g/mol. The van der Waals surface area contributed by atoms with Crippen molar-refractivity contribution in [3.8, 4) is 0 Å². The molecular weight excluding hydrogens is 202 g/mol. The summed E-state index contributed by atoms with van der Waals surface area (Å²) in [5.41, 5.74) is 0.982. The van der Waals surface area contributed by atoms with E-state index in [1.54, 1.807) is 4.90 Å². The highest BCUT2D eigenvalue weighted by Crippen LogP contribution is 2.05. The number of hydrogen-bond donors (Lipinski definition) is 1. The Hall–Kier alpha value is -1.35. The maximum atomic E-state index is 11.8. The normalized spacial score (nSPS) is 12.2. The Kier molecular flexibility index (Phi) is 4.99. The van der Waals surface area contributed by atoms with Gasteiger partial charge < -0.3 is 10.0 Å². The van der Waals surface area contributed by atoms with Crippen molar-refractivity contribution in [2.75, 3.05) is 13.1 Å². The van der Waals surface area contributed by atoms with Gasteiger partial charge in [0.15, 0.2) is 0 Å². The average molecular weight is 221 g/mol. The van der Waals surface area contributed by atoms with E-state index in [0.717, 1.165) is 5.56 Å². The standard InChI is InChI=1S/C13H19NO2/c1-3-14(4-2)13(16)12(15)10-11-8-6-5-7-9-11/h5-9,12,15H,3-4,10H2,1-2H3. The molecule has 3 nitrogen and oxygen atoms in total. The zero-order chi connectivity index (χ0) is 12.0. The summed E-state index contributed by atoms with van der Waals surface area (Å²) in [5.74, 6) is -0.186. The highest BCUT2D eigenvalue weighted by Gasteiger charge is 2.19. The second-order valence-corrected chi connectivity index (χ2v) is 3.72. The quantitative estimate of drug-likeness (QED) is 0.817. The van der Waals surface area contributed by atoms with Gasteiger partial charge >= 0.3 is 0 Å². The third-order valence-corrected chi connectivity index (χ3v) is 2.63. The number of benzene rings is 1. The molecule has 1 amide bonds. The van der Waals surface area contributed by atoms with Gasteiger partial charge in [0, 0.05) is 19.5 Å². The van der Waals surface area contributed by atoms with Crippen LogP contribution < -0.4 is 0 Å². The lowest BCUT2D eigenvalue weighted by atomic mass is 10.1. The van der Waals surface area contributed by atoms with Crippen LogP contribution in [0.15, 0.2) is 30.3 Å². The molecule has 0 saturated carbocycles. The molecule has 1 aromatic carbocycles. The summed E-state index contributed by atoms with van der Waals surface area (Å²) < 4.78 is 0. The van der Waals surface area contributed by atoms with Crippen LogP contribution in [0.4, 0.5) is 0 Å². The number of hydrogen-bond acceptors (Lipinski definition) is 2. The lowest BCUT2D eigenvalue weighted by Gasteiger charge is -2.22. The highest BCUT2D eigenvalue weighted by atomic mass is 16.3. The van der Waals surface area contributed by atoms with Crippen LogP contribution in [0.5, 0.6) is 0 Å². The molecule has 88 valence electrons. The van der Waals surface area contributed by atoms with Crippen LogP contribution in [-0.2, 0) is 11.2 Å². The van der Waals surface area contributed by atoms with Gasteiger partial charge in [-0.3, -0.25) is 4.79 Å². The molecule has 0 aliphatic heterocycles. The largest absolute Gasteiger partial charge is 0.383 e. The smallest absolute Gasteiger partial charge is 0.251 e. The van der Waals surface area contributed by atoms with Gasteiger partial charge in [0.1, 0.15) is 6.10 Å². The number of carbonyl (C=O) groups excluding carboxylic acids is 1. The van der Waals surface area contributed by atoms with E-state index in [4.69, 9.17) is 0 Å². The first-order valence-electron chi connectivity index (χ1n) is 5.69. The molecule has 0 heterocycles. The van der Waals surface area contributed by atoms with E-state index in [2.05, 4.69) is 0 Å².